The molecule has 3 heterocycles. The fourth-order valence-electron chi connectivity index (χ4n) is 5.31. The standard InChI is InChI=1S/C33H39N5O5/c1-6-24(39)29-27(41)28(42)32(43-29)38-18-37-26-30(35-17-36-31(26)38)34-16-21-9-7-20(8-10-21)11-12-25(40)22-13-19(2)14-23(15-22)33(3,4)5/h7-10,13-15,17-18,27-29,32,41-42H,6,11-12,16H2,1-5H3,(H,34,35,36)/t27?,28-,29+,32+/m0/s1. The van der Waals surface area contributed by atoms with Crippen molar-refractivity contribution in [3.05, 3.63) is 82.9 Å². The number of Topliss-reactive ketones (excluding diaryl/α,β-unsaturated/α-hetero) is 2. The lowest BCUT2D eigenvalue weighted by Gasteiger charge is -2.20. The number of aliphatic hydroxyl groups is 2. The number of benzene rings is 2. The summed E-state index contributed by atoms with van der Waals surface area (Å²) in [4.78, 5) is 38.2. The average Bonchev–Trinajstić information content (AvgIpc) is 3.54. The highest BCUT2D eigenvalue weighted by atomic mass is 16.6. The van der Waals surface area contributed by atoms with Gasteiger partial charge in [0.05, 0.1) is 6.33 Å². The van der Waals surface area contributed by atoms with E-state index in [4.69, 9.17) is 4.74 Å². The van der Waals surface area contributed by atoms with E-state index in [0.717, 1.165) is 22.3 Å². The molecule has 10 nitrogen and oxygen atoms in total. The third-order valence-electron chi connectivity index (χ3n) is 7.93. The van der Waals surface area contributed by atoms with E-state index < -0.39 is 24.5 Å². The number of carbonyl (C=O) groups excluding carboxylic acids is 2. The van der Waals surface area contributed by atoms with Crippen molar-refractivity contribution in [1.82, 2.24) is 19.5 Å². The number of hydrogen-bond donors (Lipinski definition) is 3. The number of rotatable bonds is 10. The Hall–Kier alpha value is -3.99. The lowest BCUT2D eigenvalue weighted by molar-refractivity contribution is -0.135. The van der Waals surface area contributed by atoms with Gasteiger partial charge in [-0.1, -0.05) is 63.6 Å². The molecule has 0 aliphatic carbocycles. The summed E-state index contributed by atoms with van der Waals surface area (Å²) >= 11 is 0. The zero-order valence-electron chi connectivity index (χ0n) is 25.2. The van der Waals surface area contributed by atoms with Crippen molar-refractivity contribution in [2.45, 2.75) is 90.4 Å². The molecule has 0 bridgehead atoms. The number of aryl methyl sites for hydroxylation is 2. The third-order valence-corrected chi connectivity index (χ3v) is 7.93. The Balaban J connectivity index is 1.21. The van der Waals surface area contributed by atoms with E-state index in [-0.39, 0.29) is 23.4 Å². The van der Waals surface area contributed by atoms with Crippen LogP contribution in [0.15, 0.2) is 55.1 Å². The molecule has 226 valence electrons. The number of fused-ring (bicyclic) bond motifs is 1. The molecule has 10 heteroatoms. The average molecular weight is 586 g/mol. The number of ether oxygens (including phenoxy) is 1. The number of anilines is 1. The molecule has 3 N–H and O–H groups in total. The van der Waals surface area contributed by atoms with Crippen LogP contribution >= 0.6 is 0 Å². The SMILES string of the molecule is CCC(=O)[C@H]1O[C@@H](n2cnc3c(NCc4ccc(CCC(=O)c5cc(C)cc(C(C)(C)C)c5)cc4)ncnc32)[C@@H](O)C1O. The molecule has 2 aromatic heterocycles. The second kappa shape index (κ2) is 12.3. The van der Waals surface area contributed by atoms with Crippen molar-refractivity contribution in [1.29, 1.82) is 0 Å². The molecule has 1 saturated heterocycles. The molecule has 0 radical (unpaired) electrons. The topological polar surface area (TPSA) is 139 Å². The van der Waals surface area contributed by atoms with Crippen molar-refractivity contribution in [2.24, 2.45) is 0 Å². The highest BCUT2D eigenvalue weighted by molar-refractivity contribution is 5.96. The first-order valence-corrected chi connectivity index (χ1v) is 14.6. The molecule has 0 spiro atoms. The number of imidazole rings is 1. The Bertz CT molecular complexity index is 1630. The molecular formula is C33H39N5O5. The van der Waals surface area contributed by atoms with Gasteiger partial charge in [-0.2, -0.15) is 0 Å². The smallest absolute Gasteiger partial charge is 0.167 e. The van der Waals surface area contributed by atoms with Crippen LogP contribution in [0.25, 0.3) is 11.2 Å². The lowest BCUT2D eigenvalue weighted by atomic mass is 9.84. The first-order chi connectivity index (χ1) is 20.5. The van der Waals surface area contributed by atoms with Crippen LogP contribution in [-0.2, 0) is 27.9 Å². The minimum absolute atomic E-state index is 0.0154. The Morgan fingerprint density at radius 3 is 2.42 bits per heavy atom. The third kappa shape index (κ3) is 6.51. The van der Waals surface area contributed by atoms with Crippen LogP contribution in [0.5, 0.6) is 0 Å². The van der Waals surface area contributed by atoms with Crippen LogP contribution in [-0.4, -0.2) is 59.6 Å². The van der Waals surface area contributed by atoms with E-state index in [2.05, 4.69) is 47.1 Å². The summed E-state index contributed by atoms with van der Waals surface area (Å²) in [5.41, 5.74) is 6.00. The van der Waals surface area contributed by atoms with Gasteiger partial charge in [-0.25, -0.2) is 15.0 Å². The van der Waals surface area contributed by atoms with E-state index >= 15 is 0 Å². The number of nitrogens with zero attached hydrogens (tertiary/aromatic N) is 4. The Labute approximate surface area is 251 Å². The van der Waals surface area contributed by atoms with Gasteiger partial charge in [-0.05, 0) is 47.6 Å². The molecule has 43 heavy (non-hydrogen) atoms. The molecule has 4 aromatic rings. The summed E-state index contributed by atoms with van der Waals surface area (Å²) in [6.45, 7) is 10.7. The van der Waals surface area contributed by atoms with Crippen LogP contribution in [0, 0.1) is 6.92 Å². The lowest BCUT2D eigenvalue weighted by Crippen LogP contribution is -2.35. The van der Waals surface area contributed by atoms with Crippen molar-refractivity contribution in [3.8, 4) is 0 Å². The van der Waals surface area contributed by atoms with Gasteiger partial charge >= 0.3 is 0 Å². The number of aromatic nitrogens is 4. The van der Waals surface area contributed by atoms with E-state index in [1.807, 2.05) is 43.3 Å². The van der Waals surface area contributed by atoms with E-state index in [0.29, 0.717) is 36.4 Å². The van der Waals surface area contributed by atoms with Crippen LogP contribution < -0.4 is 5.32 Å². The molecule has 0 saturated carbocycles. The minimum atomic E-state index is -1.33. The molecule has 0 amide bonds. The van der Waals surface area contributed by atoms with Crippen LogP contribution in [0.1, 0.15) is 79.4 Å². The van der Waals surface area contributed by atoms with Gasteiger partial charge in [0.2, 0.25) is 0 Å². The molecule has 1 fully saturated rings. The van der Waals surface area contributed by atoms with Crippen LogP contribution in [0.3, 0.4) is 0 Å². The predicted molar refractivity (Wildman–Crippen MR) is 163 cm³/mol. The van der Waals surface area contributed by atoms with Gasteiger partial charge in [0, 0.05) is 24.9 Å². The zero-order chi connectivity index (χ0) is 30.9. The van der Waals surface area contributed by atoms with Crippen LogP contribution in [0.4, 0.5) is 5.82 Å². The van der Waals surface area contributed by atoms with E-state index in [9.17, 15) is 19.8 Å². The monoisotopic (exact) mass is 585 g/mol. The summed E-state index contributed by atoms with van der Waals surface area (Å²) in [5.74, 6) is 0.360. The van der Waals surface area contributed by atoms with Gasteiger partial charge in [0.25, 0.3) is 0 Å². The van der Waals surface area contributed by atoms with E-state index in [1.54, 1.807) is 6.92 Å². The number of hydrogen-bond acceptors (Lipinski definition) is 9. The molecule has 1 unspecified atom stereocenters. The Morgan fingerprint density at radius 1 is 1.00 bits per heavy atom. The quantitative estimate of drug-likeness (QED) is 0.230. The largest absolute Gasteiger partial charge is 0.387 e. The summed E-state index contributed by atoms with van der Waals surface area (Å²) in [6, 6.07) is 14.2. The first-order valence-electron chi connectivity index (χ1n) is 14.6. The predicted octanol–water partition coefficient (Wildman–Crippen LogP) is 4.46. The number of carbonyl (C=O) groups is 2. The zero-order valence-corrected chi connectivity index (χ0v) is 25.2. The summed E-state index contributed by atoms with van der Waals surface area (Å²) in [6.07, 6.45) is -0.627. The summed E-state index contributed by atoms with van der Waals surface area (Å²) in [5, 5.41) is 24.2. The highest BCUT2D eigenvalue weighted by Gasteiger charge is 2.47. The van der Waals surface area contributed by atoms with E-state index in [1.165, 1.54) is 22.8 Å². The highest BCUT2D eigenvalue weighted by Crippen LogP contribution is 2.33. The maximum Gasteiger partial charge on any atom is 0.167 e. The van der Waals surface area contributed by atoms with Gasteiger partial charge < -0.3 is 20.3 Å². The van der Waals surface area contributed by atoms with Crippen molar-refractivity contribution < 1.29 is 24.5 Å². The summed E-state index contributed by atoms with van der Waals surface area (Å²) in [7, 11) is 0. The number of ketones is 2. The fraction of sp³-hybridized carbons (Fsp3) is 0.424. The Morgan fingerprint density at radius 2 is 1.72 bits per heavy atom. The number of aliphatic hydroxyl groups excluding tert-OH is 2. The van der Waals surface area contributed by atoms with Gasteiger partial charge in [-0.3, -0.25) is 14.2 Å². The van der Waals surface area contributed by atoms with Crippen molar-refractivity contribution >= 4 is 28.5 Å². The number of nitrogens with one attached hydrogen (secondary N) is 1. The molecule has 1 aliphatic rings. The van der Waals surface area contributed by atoms with Crippen molar-refractivity contribution in [3.63, 3.8) is 0 Å². The maximum atomic E-state index is 13.0. The van der Waals surface area contributed by atoms with Crippen molar-refractivity contribution in [2.75, 3.05) is 5.32 Å². The molecule has 2 aromatic carbocycles. The molecular weight excluding hydrogens is 546 g/mol. The Kier molecular flexibility index (Phi) is 8.73. The van der Waals surface area contributed by atoms with Gasteiger partial charge in [-0.15, -0.1) is 0 Å². The fourth-order valence-corrected chi connectivity index (χ4v) is 5.31. The minimum Gasteiger partial charge on any atom is -0.387 e. The molecule has 5 rings (SSSR count). The first kappa shape index (κ1) is 30.5. The normalized spacial score (nSPS) is 20.4. The molecule has 4 atom stereocenters. The van der Waals surface area contributed by atoms with Gasteiger partial charge in [0.15, 0.2) is 34.8 Å². The van der Waals surface area contributed by atoms with Gasteiger partial charge in [0.1, 0.15) is 24.6 Å². The maximum absolute atomic E-state index is 13.0. The second-order valence-electron chi connectivity index (χ2n) is 12.2. The second-order valence-corrected chi connectivity index (χ2v) is 12.2. The molecule has 1 aliphatic heterocycles. The summed E-state index contributed by atoms with van der Waals surface area (Å²) < 4.78 is 7.24. The van der Waals surface area contributed by atoms with Crippen LogP contribution in [0.2, 0.25) is 0 Å².